The normalized spacial score (nSPS) is 12.5. The minimum Gasteiger partial charge on any atom is -0.486 e. The molecule has 1 aliphatic rings. The van der Waals surface area contributed by atoms with Crippen molar-refractivity contribution in [2.45, 2.75) is 13.5 Å². The Kier molecular flexibility index (Phi) is 5.11. The zero-order chi connectivity index (χ0) is 22.1. The Morgan fingerprint density at radius 2 is 1.72 bits per heavy atom. The molecule has 1 N–H and O–H groups in total. The van der Waals surface area contributed by atoms with Gasteiger partial charge in [0, 0.05) is 17.7 Å². The predicted molar refractivity (Wildman–Crippen MR) is 121 cm³/mol. The Morgan fingerprint density at radius 3 is 2.53 bits per heavy atom. The average molecular weight is 427 g/mol. The number of benzene rings is 3. The first-order valence-electron chi connectivity index (χ1n) is 10.4. The van der Waals surface area contributed by atoms with E-state index >= 15 is 0 Å². The van der Waals surface area contributed by atoms with E-state index in [0.29, 0.717) is 53.5 Å². The van der Waals surface area contributed by atoms with Gasteiger partial charge in [0.1, 0.15) is 19.0 Å². The van der Waals surface area contributed by atoms with E-state index in [4.69, 9.17) is 13.9 Å². The summed E-state index contributed by atoms with van der Waals surface area (Å²) in [4.78, 5) is 26.0. The molecule has 0 radical (unpaired) electrons. The maximum absolute atomic E-state index is 13.0. The van der Waals surface area contributed by atoms with Crippen LogP contribution in [0, 0.1) is 6.92 Å². The number of fused-ring (bicyclic) bond motifs is 2. The van der Waals surface area contributed by atoms with Crippen molar-refractivity contribution in [1.29, 1.82) is 0 Å². The monoisotopic (exact) mass is 427 g/mol. The van der Waals surface area contributed by atoms with Crippen molar-refractivity contribution >= 4 is 16.9 Å². The average Bonchev–Trinajstić information content (AvgIpc) is 2.84. The lowest BCUT2D eigenvalue weighted by atomic mass is 10.0. The molecule has 1 aromatic heterocycles. The van der Waals surface area contributed by atoms with Crippen molar-refractivity contribution in [3.05, 3.63) is 93.6 Å². The summed E-state index contributed by atoms with van der Waals surface area (Å²) in [6.45, 7) is 3.07. The van der Waals surface area contributed by atoms with Gasteiger partial charge in [-0.2, -0.15) is 0 Å². The molecule has 5 rings (SSSR count). The molecule has 0 bridgehead atoms. The van der Waals surface area contributed by atoms with Crippen LogP contribution < -0.4 is 20.2 Å². The second kappa shape index (κ2) is 8.23. The van der Waals surface area contributed by atoms with Crippen LogP contribution in [-0.4, -0.2) is 19.1 Å². The number of hydrogen-bond donors (Lipinski definition) is 1. The molecule has 0 fully saturated rings. The summed E-state index contributed by atoms with van der Waals surface area (Å²) < 4.78 is 17.3. The minimum absolute atomic E-state index is 0.147. The van der Waals surface area contributed by atoms with Crippen LogP contribution in [0.4, 0.5) is 0 Å². The number of carbonyl (C=O) groups excluding carboxylic acids is 1. The molecule has 0 saturated carbocycles. The van der Waals surface area contributed by atoms with Crippen molar-refractivity contribution < 1.29 is 18.7 Å². The fourth-order valence-electron chi connectivity index (χ4n) is 3.83. The van der Waals surface area contributed by atoms with Crippen LogP contribution in [0.2, 0.25) is 0 Å². The third-order valence-electron chi connectivity index (χ3n) is 5.49. The molecule has 0 aliphatic carbocycles. The Bertz CT molecular complexity index is 1370. The number of carbonyl (C=O) groups is 1. The van der Waals surface area contributed by atoms with Gasteiger partial charge in [-0.1, -0.05) is 42.5 Å². The first-order chi connectivity index (χ1) is 15.6. The van der Waals surface area contributed by atoms with Crippen molar-refractivity contribution in [3.63, 3.8) is 0 Å². The fourth-order valence-corrected chi connectivity index (χ4v) is 3.83. The highest BCUT2D eigenvalue weighted by Crippen LogP contribution is 2.31. The number of nitrogens with one attached hydrogen (secondary N) is 1. The topological polar surface area (TPSA) is 77.8 Å². The van der Waals surface area contributed by atoms with Crippen LogP contribution in [0.15, 0.2) is 75.9 Å². The highest BCUT2D eigenvalue weighted by molar-refractivity contribution is 6.05. The molecule has 4 aromatic rings. The summed E-state index contributed by atoms with van der Waals surface area (Å²) in [6.07, 6.45) is 0. The molecular weight excluding hydrogens is 406 g/mol. The summed E-state index contributed by atoms with van der Waals surface area (Å²) in [6, 6.07) is 20.0. The maximum Gasteiger partial charge on any atom is 0.255 e. The van der Waals surface area contributed by atoms with Gasteiger partial charge in [0.15, 0.2) is 22.5 Å². The SMILES string of the molecule is Cc1c(-c2ccccc2)oc2c(C(=O)NCc3ccc4c(c3)OCCO4)cccc2c1=O. The van der Waals surface area contributed by atoms with Gasteiger partial charge in [0.25, 0.3) is 5.91 Å². The number of amides is 1. The van der Waals surface area contributed by atoms with Crippen LogP contribution >= 0.6 is 0 Å². The summed E-state index contributed by atoms with van der Waals surface area (Å²) in [5.74, 6) is 1.51. The fraction of sp³-hybridized carbons (Fsp3) is 0.154. The van der Waals surface area contributed by atoms with E-state index in [0.717, 1.165) is 11.1 Å². The molecule has 3 aromatic carbocycles. The minimum atomic E-state index is -0.323. The summed E-state index contributed by atoms with van der Waals surface area (Å²) >= 11 is 0. The Morgan fingerprint density at radius 1 is 0.938 bits per heavy atom. The smallest absolute Gasteiger partial charge is 0.255 e. The van der Waals surface area contributed by atoms with Gasteiger partial charge in [0.2, 0.25) is 0 Å². The molecule has 6 heteroatoms. The van der Waals surface area contributed by atoms with Gasteiger partial charge in [-0.3, -0.25) is 9.59 Å². The highest BCUT2D eigenvalue weighted by Gasteiger charge is 2.19. The molecule has 2 heterocycles. The molecule has 6 nitrogen and oxygen atoms in total. The molecule has 1 amide bonds. The molecule has 0 unspecified atom stereocenters. The Balaban J connectivity index is 1.48. The predicted octanol–water partition coefficient (Wildman–Crippen LogP) is 4.47. The highest BCUT2D eigenvalue weighted by atomic mass is 16.6. The molecule has 1 aliphatic heterocycles. The zero-order valence-corrected chi connectivity index (χ0v) is 17.5. The molecule has 160 valence electrons. The summed E-state index contributed by atoms with van der Waals surface area (Å²) in [5.41, 5.74) is 2.63. The summed E-state index contributed by atoms with van der Waals surface area (Å²) in [5, 5.41) is 3.29. The van der Waals surface area contributed by atoms with Gasteiger partial charge in [-0.25, -0.2) is 0 Å². The van der Waals surface area contributed by atoms with E-state index in [1.165, 1.54) is 0 Å². The van der Waals surface area contributed by atoms with Gasteiger partial charge < -0.3 is 19.2 Å². The van der Waals surface area contributed by atoms with E-state index < -0.39 is 0 Å². The maximum atomic E-state index is 13.0. The lowest BCUT2D eigenvalue weighted by molar-refractivity contribution is 0.0951. The van der Waals surface area contributed by atoms with E-state index in [-0.39, 0.29) is 16.9 Å². The second-order valence-electron chi connectivity index (χ2n) is 7.59. The third kappa shape index (κ3) is 3.60. The van der Waals surface area contributed by atoms with Crippen LogP contribution in [0.5, 0.6) is 11.5 Å². The Hall–Kier alpha value is -4.06. The van der Waals surface area contributed by atoms with Crippen LogP contribution in [0.3, 0.4) is 0 Å². The largest absolute Gasteiger partial charge is 0.486 e. The lowest BCUT2D eigenvalue weighted by Gasteiger charge is -2.19. The Labute approximate surface area is 184 Å². The van der Waals surface area contributed by atoms with E-state index in [9.17, 15) is 9.59 Å². The molecule has 32 heavy (non-hydrogen) atoms. The quantitative estimate of drug-likeness (QED) is 0.520. The molecule has 0 spiro atoms. The van der Waals surface area contributed by atoms with Gasteiger partial charge >= 0.3 is 0 Å². The lowest BCUT2D eigenvalue weighted by Crippen LogP contribution is -2.24. The summed E-state index contributed by atoms with van der Waals surface area (Å²) in [7, 11) is 0. The van der Waals surface area contributed by atoms with E-state index in [1.54, 1.807) is 25.1 Å². The van der Waals surface area contributed by atoms with Crippen LogP contribution in [0.1, 0.15) is 21.5 Å². The van der Waals surface area contributed by atoms with Crippen LogP contribution in [0.25, 0.3) is 22.3 Å². The van der Waals surface area contributed by atoms with Crippen molar-refractivity contribution in [3.8, 4) is 22.8 Å². The first-order valence-corrected chi connectivity index (χ1v) is 10.4. The second-order valence-corrected chi connectivity index (χ2v) is 7.59. The number of rotatable bonds is 4. The molecule has 0 saturated heterocycles. The van der Waals surface area contributed by atoms with Crippen molar-refractivity contribution in [2.75, 3.05) is 13.2 Å². The molecule has 0 atom stereocenters. The first kappa shape index (κ1) is 19.9. The van der Waals surface area contributed by atoms with Gasteiger partial charge in [-0.05, 0) is 36.8 Å². The van der Waals surface area contributed by atoms with E-state index in [1.807, 2.05) is 48.5 Å². The van der Waals surface area contributed by atoms with Crippen molar-refractivity contribution in [1.82, 2.24) is 5.32 Å². The number of para-hydroxylation sites is 1. The van der Waals surface area contributed by atoms with Gasteiger partial charge in [-0.15, -0.1) is 0 Å². The third-order valence-corrected chi connectivity index (χ3v) is 5.49. The number of ether oxygens (including phenoxy) is 2. The number of hydrogen-bond acceptors (Lipinski definition) is 5. The van der Waals surface area contributed by atoms with E-state index in [2.05, 4.69) is 5.32 Å². The van der Waals surface area contributed by atoms with Crippen molar-refractivity contribution in [2.24, 2.45) is 0 Å². The van der Waals surface area contributed by atoms with Crippen LogP contribution in [-0.2, 0) is 6.54 Å². The standard InChI is InChI=1S/C26H21NO5/c1-16-23(28)19-8-5-9-20(25(19)32-24(16)18-6-3-2-4-7-18)26(29)27-15-17-10-11-21-22(14-17)31-13-12-30-21/h2-11,14H,12-13,15H2,1H3,(H,27,29). The van der Waals surface area contributed by atoms with Gasteiger partial charge in [0.05, 0.1) is 10.9 Å². The molecular formula is C26H21NO5. The zero-order valence-electron chi connectivity index (χ0n) is 17.5.